The molecule has 0 spiro atoms. The molecule has 0 unspecified atom stereocenters. The van der Waals surface area contributed by atoms with Crippen molar-refractivity contribution in [2.75, 3.05) is 0 Å². The lowest BCUT2D eigenvalue weighted by molar-refractivity contribution is 0.0681. The van der Waals surface area contributed by atoms with Gasteiger partial charge in [-0.3, -0.25) is 4.79 Å². The molecule has 0 fully saturated rings. The third-order valence-electron chi connectivity index (χ3n) is 2.86. The summed E-state index contributed by atoms with van der Waals surface area (Å²) in [5.74, 6) is -2.02. The van der Waals surface area contributed by atoms with Crippen molar-refractivity contribution in [3.8, 4) is 0 Å². The molecule has 0 amide bonds. The van der Waals surface area contributed by atoms with Crippen molar-refractivity contribution in [1.82, 2.24) is 4.57 Å². The average Bonchev–Trinajstić information content (AvgIpc) is 2.82. The zero-order valence-electron chi connectivity index (χ0n) is 10.3. The highest BCUT2D eigenvalue weighted by atomic mass is 19.1. The van der Waals surface area contributed by atoms with Crippen molar-refractivity contribution >= 4 is 11.8 Å². The van der Waals surface area contributed by atoms with Crippen molar-refractivity contribution < 1.29 is 19.1 Å². The number of benzene rings is 1. The van der Waals surface area contributed by atoms with Gasteiger partial charge in [0.1, 0.15) is 11.5 Å². The van der Waals surface area contributed by atoms with Crippen LogP contribution in [-0.2, 0) is 6.54 Å². The molecule has 0 saturated heterocycles. The Kier molecular flexibility index (Phi) is 3.46. The smallest absolute Gasteiger partial charge is 0.353 e. The zero-order valence-corrected chi connectivity index (χ0v) is 10.3. The highest BCUT2D eigenvalue weighted by Gasteiger charge is 2.21. The summed E-state index contributed by atoms with van der Waals surface area (Å²) >= 11 is 0. The second-order valence-electron chi connectivity index (χ2n) is 4.01. The summed E-state index contributed by atoms with van der Waals surface area (Å²) in [4.78, 5) is 23.4. The monoisotopic (exact) mass is 261 g/mol. The molecule has 2 aromatic rings. The SMILES string of the molecule is CCn1ccc(C(=O)c2ccc(F)cc2)c1C(=O)O. The fraction of sp³-hybridized carbons (Fsp3) is 0.143. The number of carbonyl (C=O) groups is 2. The molecule has 98 valence electrons. The lowest BCUT2D eigenvalue weighted by Gasteiger charge is -2.04. The van der Waals surface area contributed by atoms with Gasteiger partial charge in [0, 0.05) is 18.3 Å². The zero-order chi connectivity index (χ0) is 14.0. The maximum atomic E-state index is 12.8. The number of aromatic carboxylic acids is 1. The summed E-state index contributed by atoms with van der Waals surface area (Å²) < 4.78 is 14.3. The Labute approximate surface area is 109 Å². The molecule has 5 heteroatoms. The first kappa shape index (κ1) is 13.0. The van der Waals surface area contributed by atoms with Gasteiger partial charge in [-0.05, 0) is 37.3 Å². The maximum absolute atomic E-state index is 12.8. The third kappa shape index (κ3) is 2.40. The number of hydrogen-bond donors (Lipinski definition) is 1. The van der Waals surface area contributed by atoms with E-state index < -0.39 is 17.6 Å². The Morgan fingerprint density at radius 2 is 1.84 bits per heavy atom. The molecule has 0 aliphatic carbocycles. The molecular weight excluding hydrogens is 249 g/mol. The van der Waals surface area contributed by atoms with E-state index in [0.29, 0.717) is 6.54 Å². The molecule has 4 nitrogen and oxygen atoms in total. The van der Waals surface area contributed by atoms with Crippen LogP contribution >= 0.6 is 0 Å². The molecule has 19 heavy (non-hydrogen) atoms. The van der Waals surface area contributed by atoms with Crippen molar-refractivity contribution in [1.29, 1.82) is 0 Å². The lowest BCUT2D eigenvalue weighted by atomic mass is 10.0. The Morgan fingerprint density at radius 1 is 1.21 bits per heavy atom. The second-order valence-corrected chi connectivity index (χ2v) is 4.01. The van der Waals surface area contributed by atoms with E-state index in [4.69, 9.17) is 0 Å². The van der Waals surface area contributed by atoms with Crippen LogP contribution in [0.5, 0.6) is 0 Å². The number of aromatic nitrogens is 1. The Balaban J connectivity index is 2.47. The second kappa shape index (κ2) is 5.06. The quantitative estimate of drug-likeness (QED) is 0.860. The van der Waals surface area contributed by atoms with Crippen LogP contribution < -0.4 is 0 Å². The van der Waals surface area contributed by atoms with Crippen molar-refractivity contribution in [2.24, 2.45) is 0 Å². The topological polar surface area (TPSA) is 59.3 Å². The molecule has 0 saturated carbocycles. The van der Waals surface area contributed by atoms with Gasteiger partial charge in [0.25, 0.3) is 0 Å². The molecule has 0 aliphatic heterocycles. The molecule has 1 N–H and O–H groups in total. The van der Waals surface area contributed by atoms with Crippen LogP contribution in [0.15, 0.2) is 36.5 Å². The van der Waals surface area contributed by atoms with E-state index in [9.17, 15) is 19.1 Å². The van der Waals surface area contributed by atoms with Crippen LogP contribution in [0.25, 0.3) is 0 Å². The van der Waals surface area contributed by atoms with Crippen LogP contribution in [0.2, 0.25) is 0 Å². The number of carboxylic acids is 1. The number of carboxylic acid groups (broad SMARTS) is 1. The molecule has 0 radical (unpaired) electrons. The molecule has 0 atom stereocenters. The van der Waals surface area contributed by atoms with Gasteiger partial charge in [0.05, 0.1) is 5.56 Å². The highest BCUT2D eigenvalue weighted by molar-refractivity contribution is 6.13. The third-order valence-corrected chi connectivity index (χ3v) is 2.86. The van der Waals surface area contributed by atoms with Gasteiger partial charge in [-0.1, -0.05) is 0 Å². The first-order valence-electron chi connectivity index (χ1n) is 5.77. The maximum Gasteiger partial charge on any atom is 0.353 e. The minimum absolute atomic E-state index is 0.0446. The Morgan fingerprint density at radius 3 is 2.37 bits per heavy atom. The van der Waals surface area contributed by atoms with Crippen LogP contribution in [-0.4, -0.2) is 21.4 Å². The number of aryl methyl sites for hydroxylation is 1. The Bertz CT molecular complexity index is 629. The van der Waals surface area contributed by atoms with E-state index in [2.05, 4.69) is 0 Å². The highest BCUT2D eigenvalue weighted by Crippen LogP contribution is 2.17. The van der Waals surface area contributed by atoms with E-state index in [1.54, 1.807) is 13.1 Å². The average molecular weight is 261 g/mol. The molecule has 1 aromatic heterocycles. The standard InChI is InChI=1S/C14H12FNO3/c1-2-16-8-7-11(12(16)14(18)19)13(17)9-3-5-10(15)6-4-9/h3-8H,2H2,1H3,(H,18,19). The minimum atomic E-state index is -1.16. The molecule has 1 aromatic carbocycles. The van der Waals surface area contributed by atoms with Gasteiger partial charge < -0.3 is 9.67 Å². The molecule has 0 aliphatic rings. The number of ketones is 1. The Hall–Kier alpha value is -2.43. The van der Waals surface area contributed by atoms with Crippen molar-refractivity contribution in [3.63, 3.8) is 0 Å². The first-order chi connectivity index (χ1) is 9.04. The predicted molar refractivity (Wildman–Crippen MR) is 66.9 cm³/mol. The number of nitrogens with zero attached hydrogens (tertiary/aromatic N) is 1. The van der Waals surface area contributed by atoms with Gasteiger partial charge in [-0.2, -0.15) is 0 Å². The predicted octanol–water partition coefficient (Wildman–Crippen LogP) is 2.58. The lowest BCUT2D eigenvalue weighted by Crippen LogP contribution is -2.12. The summed E-state index contributed by atoms with van der Waals surface area (Å²) in [5.41, 5.74) is 0.329. The summed E-state index contributed by atoms with van der Waals surface area (Å²) in [6.45, 7) is 2.25. The number of carbonyl (C=O) groups excluding carboxylic acids is 1. The molecule has 0 bridgehead atoms. The number of hydrogen-bond acceptors (Lipinski definition) is 2. The fourth-order valence-corrected chi connectivity index (χ4v) is 1.91. The number of rotatable bonds is 4. The van der Waals surface area contributed by atoms with E-state index in [1.165, 1.54) is 34.9 Å². The van der Waals surface area contributed by atoms with Gasteiger partial charge >= 0.3 is 5.97 Å². The van der Waals surface area contributed by atoms with Gasteiger partial charge in [-0.25, -0.2) is 9.18 Å². The van der Waals surface area contributed by atoms with Gasteiger partial charge in [0.2, 0.25) is 0 Å². The largest absolute Gasteiger partial charge is 0.477 e. The van der Waals surface area contributed by atoms with Crippen LogP contribution in [0.4, 0.5) is 4.39 Å². The normalized spacial score (nSPS) is 10.4. The van der Waals surface area contributed by atoms with Crippen molar-refractivity contribution in [3.05, 3.63) is 59.2 Å². The summed E-state index contributed by atoms with van der Waals surface area (Å²) in [5, 5.41) is 9.17. The molecule has 1 heterocycles. The van der Waals surface area contributed by atoms with E-state index in [-0.39, 0.29) is 16.8 Å². The summed E-state index contributed by atoms with van der Waals surface area (Å²) in [6.07, 6.45) is 1.56. The summed E-state index contributed by atoms with van der Waals surface area (Å²) in [6, 6.07) is 6.49. The fourth-order valence-electron chi connectivity index (χ4n) is 1.91. The van der Waals surface area contributed by atoms with Gasteiger partial charge in [0.15, 0.2) is 5.78 Å². The molecular formula is C14H12FNO3. The van der Waals surface area contributed by atoms with Crippen LogP contribution in [0.3, 0.4) is 0 Å². The van der Waals surface area contributed by atoms with E-state index >= 15 is 0 Å². The van der Waals surface area contributed by atoms with E-state index in [1.807, 2.05) is 0 Å². The van der Waals surface area contributed by atoms with Crippen LogP contribution in [0.1, 0.15) is 33.3 Å². The number of halogens is 1. The van der Waals surface area contributed by atoms with Gasteiger partial charge in [-0.15, -0.1) is 0 Å². The van der Waals surface area contributed by atoms with E-state index in [0.717, 1.165) is 0 Å². The summed E-state index contributed by atoms with van der Waals surface area (Å²) in [7, 11) is 0. The molecule has 2 rings (SSSR count). The first-order valence-corrected chi connectivity index (χ1v) is 5.77. The van der Waals surface area contributed by atoms with Crippen LogP contribution in [0, 0.1) is 5.82 Å². The minimum Gasteiger partial charge on any atom is -0.477 e. The van der Waals surface area contributed by atoms with Crippen molar-refractivity contribution in [2.45, 2.75) is 13.5 Å².